The van der Waals surface area contributed by atoms with Gasteiger partial charge in [-0.25, -0.2) is 5.06 Å². The highest BCUT2D eigenvalue weighted by molar-refractivity contribution is 5.59. The van der Waals surface area contributed by atoms with Gasteiger partial charge >= 0.3 is 0 Å². The lowest BCUT2D eigenvalue weighted by atomic mass is 10.2. The Bertz CT molecular complexity index is 363. The Hall–Kier alpha value is -1.84. The Labute approximate surface area is 88.6 Å². The Morgan fingerprint density at radius 1 is 0.733 bits per heavy atom. The smallest absolute Gasteiger partial charge is 0.0714 e. The standard InChI is InChI=1S/C12H12N2O/c13-15-14(11-7-3-1-4-8-11)12-9-5-2-6-10-12/h1-10H,13H2. The van der Waals surface area contributed by atoms with Gasteiger partial charge in [0.25, 0.3) is 0 Å². The van der Waals surface area contributed by atoms with Gasteiger partial charge in [-0.15, -0.1) is 0 Å². The number of para-hydroxylation sites is 2. The summed E-state index contributed by atoms with van der Waals surface area (Å²) in [5.74, 6) is 5.26. The molecule has 0 aromatic heterocycles. The van der Waals surface area contributed by atoms with Crippen molar-refractivity contribution in [2.24, 2.45) is 5.90 Å². The van der Waals surface area contributed by atoms with Crippen molar-refractivity contribution in [3.63, 3.8) is 0 Å². The second-order valence-corrected chi connectivity index (χ2v) is 3.07. The number of benzene rings is 2. The Morgan fingerprint density at radius 2 is 1.13 bits per heavy atom. The van der Waals surface area contributed by atoms with Gasteiger partial charge in [-0.05, 0) is 24.3 Å². The molecule has 2 rings (SSSR count). The molecule has 2 aromatic carbocycles. The molecule has 0 unspecified atom stereocenters. The largest absolute Gasteiger partial charge is 0.203 e. The fraction of sp³-hybridized carbons (Fsp3) is 0. The molecule has 15 heavy (non-hydrogen) atoms. The molecule has 0 amide bonds. The van der Waals surface area contributed by atoms with Crippen molar-refractivity contribution in [3.8, 4) is 0 Å². The van der Waals surface area contributed by atoms with Crippen molar-refractivity contribution in [1.82, 2.24) is 0 Å². The highest BCUT2D eigenvalue weighted by atomic mass is 16.8. The van der Waals surface area contributed by atoms with Crippen LogP contribution in [0.25, 0.3) is 0 Å². The summed E-state index contributed by atoms with van der Waals surface area (Å²) in [5, 5.41) is 1.57. The second-order valence-electron chi connectivity index (χ2n) is 3.07. The average molecular weight is 200 g/mol. The summed E-state index contributed by atoms with van der Waals surface area (Å²) in [4.78, 5) is 4.86. The van der Waals surface area contributed by atoms with Crippen molar-refractivity contribution in [3.05, 3.63) is 60.7 Å². The zero-order chi connectivity index (χ0) is 10.5. The van der Waals surface area contributed by atoms with Crippen LogP contribution < -0.4 is 11.0 Å². The van der Waals surface area contributed by atoms with Crippen LogP contribution in [-0.4, -0.2) is 0 Å². The minimum Gasteiger partial charge on any atom is -0.203 e. The topological polar surface area (TPSA) is 38.5 Å². The maximum atomic E-state index is 5.26. The average Bonchev–Trinajstić information content (AvgIpc) is 2.33. The monoisotopic (exact) mass is 200 g/mol. The van der Waals surface area contributed by atoms with Gasteiger partial charge in [-0.2, -0.15) is 10.8 Å². The first-order valence-corrected chi connectivity index (χ1v) is 4.69. The molecular formula is C12H12N2O. The molecule has 0 atom stereocenters. The number of hydrogen-bond donors (Lipinski definition) is 1. The molecule has 0 saturated heterocycles. The number of rotatable bonds is 3. The molecule has 0 saturated carbocycles. The summed E-state index contributed by atoms with van der Waals surface area (Å²) in [6.45, 7) is 0. The molecule has 3 heteroatoms. The van der Waals surface area contributed by atoms with Crippen molar-refractivity contribution in [2.75, 3.05) is 5.06 Å². The molecule has 2 N–H and O–H groups in total. The first kappa shape index (κ1) is 9.71. The quantitative estimate of drug-likeness (QED) is 0.774. The van der Waals surface area contributed by atoms with Crippen molar-refractivity contribution in [2.45, 2.75) is 0 Å². The van der Waals surface area contributed by atoms with E-state index >= 15 is 0 Å². The van der Waals surface area contributed by atoms with Crippen LogP contribution in [-0.2, 0) is 4.94 Å². The third-order valence-electron chi connectivity index (χ3n) is 2.09. The predicted octanol–water partition coefficient (Wildman–Crippen LogP) is 2.63. The van der Waals surface area contributed by atoms with Crippen LogP contribution in [0.1, 0.15) is 0 Å². The van der Waals surface area contributed by atoms with Gasteiger partial charge in [0.2, 0.25) is 0 Å². The van der Waals surface area contributed by atoms with E-state index in [9.17, 15) is 0 Å². The predicted molar refractivity (Wildman–Crippen MR) is 60.3 cm³/mol. The summed E-state index contributed by atoms with van der Waals surface area (Å²) in [6, 6.07) is 19.4. The van der Waals surface area contributed by atoms with E-state index in [4.69, 9.17) is 10.8 Å². The van der Waals surface area contributed by atoms with Crippen LogP contribution in [0, 0.1) is 0 Å². The van der Waals surface area contributed by atoms with Gasteiger partial charge in [0.1, 0.15) is 0 Å². The van der Waals surface area contributed by atoms with E-state index < -0.39 is 0 Å². The van der Waals surface area contributed by atoms with Gasteiger partial charge < -0.3 is 0 Å². The van der Waals surface area contributed by atoms with E-state index in [0.717, 1.165) is 11.4 Å². The Morgan fingerprint density at radius 3 is 1.47 bits per heavy atom. The maximum Gasteiger partial charge on any atom is 0.0714 e. The zero-order valence-electron chi connectivity index (χ0n) is 8.21. The number of nitrogens with zero attached hydrogens (tertiary/aromatic N) is 1. The number of hydrogen-bond acceptors (Lipinski definition) is 3. The SMILES string of the molecule is NON(c1ccccc1)c1ccccc1. The Kier molecular flexibility index (Phi) is 2.97. The van der Waals surface area contributed by atoms with Crippen molar-refractivity contribution >= 4 is 11.4 Å². The van der Waals surface area contributed by atoms with Crippen LogP contribution in [0.3, 0.4) is 0 Å². The highest BCUT2D eigenvalue weighted by Gasteiger charge is 2.06. The van der Waals surface area contributed by atoms with Crippen LogP contribution >= 0.6 is 0 Å². The molecule has 0 aliphatic carbocycles. The molecule has 0 aliphatic rings. The van der Waals surface area contributed by atoms with E-state index in [2.05, 4.69) is 0 Å². The normalized spacial score (nSPS) is 9.93. The van der Waals surface area contributed by atoms with E-state index in [1.165, 1.54) is 0 Å². The second kappa shape index (κ2) is 4.59. The fourth-order valence-corrected chi connectivity index (χ4v) is 1.40. The van der Waals surface area contributed by atoms with E-state index in [1.54, 1.807) is 5.06 Å². The van der Waals surface area contributed by atoms with Gasteiger partial charge in [0.05, 0.1) is 11.4 Å². The summed E-state index contributed by atoms with van der Waals surface area (Å²) in [7, 11) is 0. The zero-order valence-corrected chi connectivity index (χ0v) is 8.21. The molecule has 2 aromatic rings. The first-order chi connectivity index (χ1) is 7.42. The van der Waals surface area contributed by atoms with Crippen molar-refractivity contribution in [1.29, 1.82) is 0 Å². The van der Waals surface area contributed by atoms with Crippen LogP contribution in [0.2, 0.25) is 0 Å². The van der Waals surface area contributed by atoms with Crippen LogP contribution in [0.4, 0.5) is 11.4 Å². The van der Waals surface area contributed by atoms with Crippen molar-refractivity contribution < 1.29 is 4.94 Å². The van der Waals surface area contributed by atoms with Gasteiger partial charge in [0, 0.05) is 0 Å². The van der Waals surface area contributed by atoms with Crippen LogP contribution in [0.15, 0.2) is 60.7 Å². The van der Waals surface area contributed by atoms with E-state index in [0.29, 0.717) is 0 Å². The Balaban J connectivity index is 2.34. The van der Waals surface area contributed by atoms with Crippen LogP contribution in [0.5, 0.6) is 0 Å². The lowest BCUT2D eigenvalue weighted by Crippen LogP contribution is -2.21. The molecule has 76 valence electrons. The molecule has 0 fully saturated rings. The lowest BCUT2D eigenvalue weighted by molar-refractivity contribution is 0.139. The van der Waals surface area contributed by atoms with Gasteiger partial charge in [0.15, 0.2) is 0 Å². The molecule has 0 bridgehead atoms. The summed E-state index contributed by atoms with van der Waals surface area (Å²) >= 11 is 0. The fourth-order valence-electron chi connectivity index (χ4n) is 1.40. The van der Waals surface area contributed by atoms with E-state index in [-0.39, 0.29) is 0 Å². The molecule has 0 radical (unpaired) electrons. The van der Waals surface area contributed by atoms with Gasteiger partial charge in [-0.1, -0.05) is 36.4 Å². The molecular weight excluding hydrogens is 188 g/mol. The lowest BCUT2D eigenvalue weighted by Gasteiger charge is -2.20. The van der Waals surface area contributed by atoms with Gasteiger partial charge in [-0.3, -0.25) is 0 Å². The third kappa shape index (κ3) is 2.15. The highest BCUT2D eigenvalue weighted by Crippen LogP contribution is 2.23. The third-order valence-corrected chi connectivity index (χ3v) is 2.09. The minimum atomic E-state index is 0.895. The van der Waals surface area contributed by atoms with E-state index in [1.807, 2.05) is 60.7 Å². The molecule has 0 aliphatic heterocycles. The number of nitrogens with two attached hydrogens (primary N) is 1. The molecule has 0 heterocycles. The molecule has 0 spiro atoms. The summed E-state index contributed by atoms with van der Waals surface area (Å²) in [5.41, 5.74) is 1.79. The first-order valence-electron chi connectivity index (χ1n) is 4.69. The minimum absolute atomic E-state index is 0.895. The molecule has 3 nitrogen and oxygen atoms in total. The summed E-state index contributed by atoms with van der Waals surface area (Å²) < 4.78 is 0. The summed E-state index contributed by atoms with van der Waals surface area (Å²) in [6.07, 6.45) is 0. The number of anilines is 2. The maximum absolute atomic E-state index is 5.26.